The highest BCUT2D eigenvalue weighted by Gasteiger charge is 2.25. The largest absolute Gasteiger partial charge is 0.391 e. The van der Waals surface area contributed by atoms with Crippen molar-refractivity contribution in [3.63, 3.8) is 0 Å². The van der Waals surface area contributed by atoms with Crippen LogP contribution >= 0.6 is 15.9 Å². The van der Waals surface area contributed by atoms with Gasteiger partial charge in [-0.2, -0.15) is 0 Å². The van der Waals surface area contributed by atoms with Crippen LogP contribution in [0, 0.1) is 12.7 Å². The first kappa shape index (κ1) is 11.9. The number of aliphatic hydroxyl groups is 1. The molecule has 88 valence electrons. The predicted octanol–water partition coefficient (Wildman–Crippen LogP) is 3.22. The maximum absolute atomic E-state index is 13.2. The molecular formula is C12H15BrFNO. The summed E-state index contributed by atoms with van der Waals surface area (Å²) in [4.78, 5) is 0. The number of anilines is 1. The molecule has 0 amide bonds. The number of halogens is 2. The third-order valence-corrected chi connectivity index (χ3v) is 3.70. The molecule has 0 bridgehead atoms. The first-order valence-electron chi connectivity index (χ1n) is 5.48. The maximum Gasteiger partial charge on any atom is 0.137 e. The van der Waals surface area contributed by atoms with E-state index in [2.05, 4.69) is 21.2 Å². The van der Waals surface area contributed by atoms with E-state index in [9.17, 15) is 9.50 Å². The molecule has 0 aliphatic heterocycles. The minimum atomic E-state index is -0.289. The van der Waals surface area contributed by atoms with E-state index in [-0.39, 0.29) is 18.0 Å². The number of hydrogen-bond donors (Lipinski definition) is 2. The summed E-state index contributed by atoms with van der Waals surface area (Å²) in [6.07, 6.45) is 2.57. The molecule has 4 heteroatoms. The second-order valence-electron chi connectivity index (χ2n) is 4.33. The number of benzene rings is 1. The average Bonchev–Trinajstić information content (AvgIpc) is 2.61. The summed E-state index contributed by atoms with van der Waals surface area (Å²) in [5, 5.41) is 13.0. The van der Waals surface area contributed by atoms with Crippen LogP contribution in [0.2, 0.25) is 0 Å². The molecule has 0 unspecified atom stereocenters. The van der Waals surface area contributed by atoms with Crippen molar-refractivity contribution in [2.24, 2.45) is 0 Å². The van der Waals surface area contributed by atoms with E-state index >= 15 is 0 Å². The van der Waals surface area contributed by atoms with Crippen LogP contribution < -0.4 is 5.32 Å². The molecule has 0 radical (unpaired) electrons. The molecule has 1 aliphatic rings. The Morgan fingerprint density at radius 1 is 1.44 bits per heavy atom. The van der Waals surface area contributed by atoms with Crippen molar-refractivity contribution in [1.82, 2.24) is 0 Å². The van der Waals surface area contributed by atoms with Gasteiger partial charge in [0.25, 0.3) is 0 Å². The van der Waals surface area contributed by atoms with Gasteiger partial charge >= 0.3 is 0 Å². The molecule has 2 atom stereocenters. The molecule has 1 saturated carbocycles. The Kier molecular flexibility index (Phi) is 3.50. The number of aryl methyl sites for hydroxylation is 1. The van der Waals surface area contributed by atoms with Gasteiger partial charge in [0, 0.05) is 5.69 Å². The number of nitrogens with one attached hydrogen (secondary N) is 1. The highest BCUT2D eigenvalue weighted by atomic mass is 79.9. The zero-order valence-electron chi connectivity index (χ0n) is 9.13. The lowest BCUT2D eigenvalue weighted by molar-refractivity contribution is 0.172. The van der Waals surface area contributed by atoms with Crippen LogP contribution in [0.5, 0.6) is 0 Å². The van der Waals surface area contributed by atoms with Gasteiger partial charge < -0.3 is 10.4 Å². The monoisotopic (exact) mass is 287 g/mol. The van der Waals surface area contributed by atoms with E-state index in [1.165, 1.54) is 6.07 Å². The molecule has 1 aromatic rings. The summed E-state index contributed by atoms with van der Waals surface area (Å²) in [6, 6.07) is 3.32. The summed E-state index contributed by atoms with van der Waals surface area (Å²) < 4.78 is 13.7. The molecule has 2 N–H and O–H groups in total. The SMILES string of the molecule is Cc1cc(F)c(Br)cc1N[C@@H]1CCC[C@H]1O. The smallest absolute Gasteiger partial charge is 0.137 e. The Bertz CT molecular complexity index is 397. The van der Waals surface area contributed by atoms with E-state index in [1.807, 2.05) is 6.92 Å². The van der Waals surface area contributed by atoms with Crippen LogP contribution in [-0.4, -0.2) is 17.3 Å². The highest BCUT2D eigenvalue weighted by molar-refractivity contribution is 9.10. The van der Waals surface area contributed by atoms with Crippen LogP contribution in [-0.2, 0) is 0 Å². The van der Waals surface area contributed by atoms with Crippen molar-refractivity contribution < 1.29 is 9.50 Å². The summed E-state index contributed by atoms with van der Waals surface area (Å²) in [5.74, 6) is -0.255. The normalized spacial score (nSPS) is 24.8. The summed E-state index contributed by atoms with van der Waals surface area (Å²) in [6.45, 7) is 1.86. The van der Waals surface area contributed by atoms with Crippen LogP contribution in [0.4, 0.5) is 10.1 Å². The fraction of sp³-hybridized carbons (Fsp3) is 0.500. The van der Waals surface area contributed by atoms with Gasteiger partial charge in [-0.15, -0.1) is 0 Å². The molecule has 0 spiro atoms. The quantitative estimate of drug-likeness (QED) is 0.875. The molecule has 16 heavy (non-hydrogen) atoms. The second-order valence-corrected chi connectivity index (χ2v) is 5.18. The summed E-state index contributed by atoms with van der Waals surface area (Å²) >= 11 is 3.17. The molecule has 1 aliphatic carbocycles. The summed E-state index contributed by atoms with van der Waals surface area (Å²) in [5.41, 5.74) is 1.75. The van der Waals surface area contributed by atoms with Crippen LogP contribution in [0.15, 0.2) is 16.6 Å². The van der Waals surface area contributed by atoms with Gasteiger partial charge in [-0.3, -0.25) is 0 Å². The van der Waals surface area contributed by atoms with Gasteiger partial charge in [0.1, 0.15) is 5.82 Å². The lowest BCUT2D eigenvalue weighted by Crippen LogP contribution is -2.28. The summed E-state index contributed by atoms with van der Waals surface area (Å²) in [7, 11) is 0. The van der Waals surface area contributed by atoms with Crippen molar-refractivity contribution in [3.8, 4) is 0 Å². The fourth-order valence-corrected chi connectivity index (χ4v) is 2.45. The fourth-order valence-electron chi connectivity index (χ4n) is 2.11. The Balaban J connectivity index is 2.18. The predicted molar refractivity (Wildman–Crippen MR) is 66.1 cm³/mol. The molecule has 1 fully saturated rings. The standard InChI is InChI=1S/C12H15BrFNO/c1-7-5-9(14)8(13)6-11(7)15-10-3-2-4-12(10)16/h5-6,10,12,15-16H,2-4H2,1H3/t10-,12-/m1/s1. The van der Waals surface area contributed by atoms with Gasteiger partial charge in [-0.05, 0) is 59.8 Å². The van der Waals surface area contributed by atoms with Crippen molar-refractivity contribution in [2.75, 3.05) is 5.32 Å². The van der Waals surface area contributed by atoms with Gasteiger partial charge in [0.2, 0.25) is 0 Å². The Hall–Kier alpha value is -0.610. The molecule has 0 heterocycles. The third kappa shape index (κ3) is 2.38. The highest BCUT2D eigenvalue weighted by Crippen LogP contribution is 2.28. The number of rotatable bonds is 2. The Labute approximate surface area is 103 Å². The molecule has 2 nitrogen and oxygen atoms in total. The van der Waals surface area contributed by atoms with E-state index in [1.54, 1.807) is 6.07 Å². The minimum Gasteiger partial charge on any atom is -0.391 e. The van der Waals surface area contributed by atoms with E-state index in [0.717, 1.165) is 30.5 Å². The zero-order valence-corrected chi connectivity index (χ0v) is 10.7. The van der Waals surface area contributed by atoms with Crippen LogP contribution in [0.25, 0.3) is 0 Å². The second kappa shape index (κ2) is 4.72. The van der Waals surface area contributed by atoms with Gasteiger partial charge in [0.05, 0.1) is 16.6 Å². The van der Waals surface area contributed by atoms with Gasteiger partial charge in [-0.25, -0.2) is 4.39 Å². The number of hydrogen-bond acceptors (Lipinski definition) is 2. The van der Waals surface area contributed by atoms with Crippen LogP contribution in [0.3, 0.4) is 0 Å². The number of aliphatic hydroxyl groups excluding tert-OH is 1. The lowest BCUT2D eigenvalue weighted by atomic mass is 10.1. The first-order valence-corrected chi connectivity index (χ1v) is 6.27. The van der Waals surface area contributed by atoms with Crippen molar-refractivity contribution in [2.45, 2.75) is 38.3 Å². The topological polar surface area (TPSA) is 32.3 Å². The average molecular weight is 288 g/mol. The lowest BCUT2D eigenvalue weighted by Gasteiger charge is -2.19. The zero-order chi connectivity index (χ0) is 11.7. The van der Waals surface area contributed by atoms with Crippen molar-refractivity contribution in [3.05, 3.63) is 28.0 Å². The molecular weight excluding hydrogens is 273 g/mol. The van der Waals surface area contributed by atoms with Gasteiger partial charge in [0.15, 0.2) is 0 Å². The van der Waals surface area contributed by atoms with Crippen LogP contribution in [0.1, 0.15) is 24.8 Å². The molecule has 0 saturated heterocycles. The van der Waals surface area contributed by atoms with Crippen molar-refractivity contribution in [1.29, 1.82) is 0 Å². The van der Waals surface area contributed by atoms with E-state index < -0.39 is 0 Å². The Morgan fingerprint density at radius 3 is 2.81 bits per heavy atom. The first-order chi connectivity index (χ1) is 7.58. The third-order valence-electron chi connectivity index (χ3n) is 3.09. The molecule has 1 aromatic carbocycles. The Morgan fingerprint density at radius 2 is 2.19 bits per heavy atom. The maximum atomic E-state index is 13.2. The van der Waals surface area contributed by atoms with Crippen molar-refractivity contribution >= 4 is 21.6 Å². The minimum absolute atomic E-state index is 0.0936. The van der Waals surface area contributed by atoms with E-state index in [4.69, 9.17) is 0 Å². The molecule has 0 aromatic heterocycles. The van der Waals surface area contributed by atoms with Gasteiger partial charge in [-0.1, -0.05) is 0 Å². The molecule has 2 rings (SSSR count). The van der Waals surface area contributed by atoms with E-state index in [0.29, 0.717) is 4.47 Å².